The van der Waals surface area contributed by atoms with E-state index < -0.39 is 61.0 Å². The Morgan fingerprint density at radius 3 is 2.58 bits per heavy atom. The van der Waals surface area contributed by atoms with Crippen LogP contribution >= 0.6 is 0 Å². The van der Waals surface area contributed by atoms with Crippen molar-refractivity contribution in [1.82, 2.24) is 4.31 Å². The zero-order valence-corrected chi connectivity index (χ0v) is 14.5. The summed E-state index contributed by atoms with van der Waals surface area (Å²) >= 11 is 0. The van der Waals surface area contributed by atoms with Gasteiger partial charge in [0.25, 0.3) is 5.69 Å². The van der Waals surface area contributed by atoms with E-state index in [0.717, 1.165) is 29.6 Å². The lowest BCUT2D eigenvalue weighted by Gasteiger charge is -2.23. The quantitative estimate of drug-likeness (QED) is 0.450. The van der Waals surface area contributed by atoms with Crippen LogP contribution in [0.2, 0.25) is 0 Å². The first-order valence-electron chi connectivity index (χ1n) is 7.81. The number of sulfonamides is 1. The standard InChI is InChI=1S/C15H16N2O8S/c1-25-15(20)11-7-9(17(21)22)3-5-13(11)26(23,24)16-8-2-4-12(16)10(6-8)14(18)19/h3,5,7-8,10,12H,2,4,6H2,1H3,(H,18,19). The van der Waals surface area contributed by atoms with E-state index in [-0.39, 0.29) is 6.42 Å². The SMILES string of the molecule is COC(=O)c1cc([N+](=O)[O-])ccc1S(=O)(=O)N1C2CCC1C(C(=O)O)C2. The number of esters is 1. The van der Waals surface area contributed by atoms with E-state index in [1.54, 1.807) is 0 Å². The van der Waals surface area contributed by atoms with Crippen LogP contribution in [0.5, 0.6) is 0 Å². The second-order valence-electron chi connectivity index (χ2n) is 6.24. The predicted octanol–water partition coefficient (Wildman–Crippen LogP) is 1.01. The van der Waals surface area contributed by atoms with E-state index in [0.29, 0.717) is 12.8 Å². The summed E-state index contributed by atoms with van der Waals surface area (Å²) in [5.41, 5.74) is -0.892. The summed E-state index contributed by atoms with van der Waals surface area (Å²) in [6.07, 6.45) is 1.16. The van der Waals surface area contributed by atoms with Gasteiger partial charge in [-0.05, 0) is 25.3 Å². The van der Waals surface area contributed by atoms with Gasteiger partial charge in [0, 0.05) is 24.2 Å². The number of nitro benzene ring substituents is 1. The van der Waals surface area contributed by atoms with Crippen LogP contribution in [0.1, 0.15) is 29.6 Å². The average Bonchev–Trinajstić information content (AvgIpc) is 3.19. The van der Waals surface area contributed by atoms with Crippen LogP contribution in [0, 0.1) is 16.0 Å². The Bertz CT molecular complexity index is 897. The first kappa shape index (κ1) is 18.3. The fraction of sp³-hybridized carbons (Fsp3) is 0.467. The van der Waals surface area contributed by atoms with Crippen molar-refractivity contribution in [3.05, 3.63) is 33.9 Å². The van der Waals surface area contributed by atoms with Gasteiger partial charge in [-0.2, -0.15) is 4.31 Å². The van der Waals surface area contributed by atoms with E-state index in [1.807, 2.05) is 0 Å². The van der Waals surface area contributed by atoms with Gasteiger partial charge in [-0.15, -0.1) is 0 Å². The Kier molecular flexibility index (Phi) is 4.44. The fourth-order valence-corrected chi connectivity index (χ4v) is 5.90. The highest BCUT2D eigenvalue weighted by molar-refractivity contribution is 7.89. The topological polar surface area (TPSA) is 144 Å². The molecule has 0 saturated carbocycles. The van der Waals surface area contributed by atoms with Gasteiger partial charge in [0.05, 0.1) is 28.4 Å². The zero-order chi connectivity index (χ0) is 19.2. The summed E-state index contributed by atoms with van der Waals surface area (Å²) < 4.78 is 32.0. The summed E-state index contributed by atoms with van der Waals surface area (Å²) in [6, 6.07) is 1.68. The number of ether oxygens (including phenoxy) is 1. The molecule has 3 rings (SSSR count). The van der Waals surface area contributed by atoms with Crippen molar-refractivity contribution in [1.29, 1.82) is 0 Å². The van der Waals surface area contributed by atoms with Crippen molar-refractivity contribution >= 4 is 27.6 Å². The molecule has 2 bridgehead atoms. The van der Waals surface area contributed by atoms with Crippen molar-refractivity contribution in [2.24, 2.45) is 5.92 Å². The second kappa shape index (κ2) is 6.32. The maximum atomic E-state index is 13.1. The molecule has 11 heteroatoms. The van der Waals surface area contributed by atoms with Crippen LogP contribution in [-0.4, -0.2) is 53.9 Å². The molecule has 2 fully saturated rings. The van der Waals surface area contributed by atoms with Gasteiger partial charge in [-0.1, -0.05) is 0 Å². The first-order chi connectivity index (χ1) is 12.2. The zero-order valence-electron chi connectivity index (χ0n) is 13.7. The summed E-state index contributed by atoms with van der Waals surface area (Å²) in [5, 5.41) is 20.2. The molecule has 0 spiro atoms. The number of non-ortho nitro benzene ring substituents is 1. The van der Waals surface area contributed by atoms with Crippen LogP contribution in [0.15, 0.2) is 23.1 Å². The van der Waals surface area contributed by atoms with Crippen molar-refractivity contribution in [2.75, 3.05) is 7.11 Å². The van der Waals surface area contributed by atoms with E-state index in [9.17, 15) is 33.2 Å². The highest BCUT2D eigenvalue weighted by atomic mass is 32.2. The Morgan fingerprint density at radius 2 is 2.04 bits per heavy atom. The minimum absolute atomic E-state index is 0.208. The normalized spacial score (nSPS) is 25.2. The van der Waals surface area contributed by atoms with Gasteiger partial charge in [0.1, 0.15) is 0 Å². The summed E-state index contributed by atoms with van der Waals surface area (Å²) in [4.78, 5) is 33.1. The molecule has 2 aliphatic heterocycles. The molecule has 2 aliphatic rings. The molecule has 0 aromatic heterocycles. The van der Waals surface area contributed by atoms with Gasteiger partial charge in [0.2, 0.25) is 10.0 Å². The minimum atomic E-state index is -4.22. The van der Waals surface area contributed by atoms with Crippen LogP contribution in [0.25, 0.3) is 0 Å². The molecule has 140 valence electrons. The number of aliphatic carboxylic acids is 1. The molecule has 0 radical (unpaired) electrons. The third kappa shape index (κ3) is 2.72. The third-order valence-corrected chi connectivity index (χ3v) is 6.96. The average molecular weight is 384 g/mol. The molecule has 3 atom stereocenters. The van der Waals surface area contributed by atoms with Crippen molar-refractivity contribution < 1.29 is 32.8 Å². The number of benzene rings is 1. The lowest BCUT2D eigenvalue weighted by molar-refractivity contribution is -0.384. The van der Waals surface area contributed by atoms with Crippen LogP contribution in [0.4, 0.5) is 5.69 Å². The number of carboxylic acids is 1. The van der Waals surface area contributed by atoms with E-state index in [1.165, 1.54) is 0 Å². The number of nitrogens with zero attached hydrogens (tertiary/aromatic N) is 2. The Balaban J connectivity index is 2.09. The van der Waals surface area contributed by atoms with Crippen LogP contribution < -0.4 is 0 Å². The highest BCUT2D eigenvalue weighted by Crippen LogP contribution is 2.45. The molecular formula is C15H16N2O8S. The summed E-state index contributed by atoms with van der Waals surface area (Å²) in [5.74, 6) is -2.88. The summed E-state index contributed by atoms with van der Waals surface area (Å²) in [6.45, 7) is 0. The number of fused-ring (bicyclic) bond motifs is 2. The second-order valence-corrected chi connectivity index (χ2v) is 8.05. The van der Waals surface area contributed by atoms with Gasteiger partial charge in [-0.25, -0.2) is 13.2 Å². The number of methoxy groups -OCH3 is 1. The molecule has 0 amide bonds. The molecule has 1 aromatic carbocycles. The lowest BCUT2D eigenvalue weighted by atomic mass is 9.89. The number of carbonyl (C=O) groups excluding carboxylic acids is 1. The molecule has 26 heavy (non-hydrogen) atoms. The van der Waals surface area contributed by atoms with Crippen LogP contribution in [-0.2, 0) is 19.6 Å². The summed E-state index contributed by atoms with van der Waals surface area (Å²) in [7, 11) is -3.18. The van der Waals surface area contributed by atoms with E-state index in [4.69, 9.17) is 0 Å². The lowest BCUT2D eigenvalue weighted by Crippen LogP contribution is -2.38. The molecule has 2 heterocycles. The predicted molar refractivity (Wildman–Crippen MR) is 86.0 cm³/mol. The number of carboxylic acid groups (broad SMARTS) is 1. The maximum absolute atomic E-state index is 13.1. The Labute approximate surface area is 148 Å². The highest BCUT2D eigenvalue weighted by Gasteiger charge is 2.55. The number of rotatable bonds is 5. The van der Waals surface area contributed by atoms with E-state index >= 15 is 0 Å². The van der Waals surface area contributed by atoms with Gasteiger partial charge in [0.15, 0.2) is 0 Å². The molecule has 1 N–H and O–H groups in total. The fourth-order valence-electron chi connectivity index (χ4n) is 3.82. The molecular weight excluding hydrogens is 368 g/mol. The number of carbonyl (C=O) groups is 2. The monoisotopic (exact) mass is 384 g/mol. The minimum Gasteiger partial charge on any atom is -0.481 e. The largest absolute Gasteiger partial charge is 0.481 e. The molecule has 10 nitrogen and oxygen atoms in total. The molecule has 3 unspecified atom stereocenters. The van der Waals surface area contributed by atoms with Crippen molar-refractivity contribution in [3.8, 4) is 0 Å². The number of nitro groups is 1. The van der Waals surface area contributed by atoms with Gasteiger partial charge < -0.3 is 9.84 Å². The Morgan fingerprint density at radius 1 is 1.35 bits per heavy atom. The van der Waals surface area contributed by atoms with Gasteiger partial charge >= 0.3 is 11.9 Å². The Hall–Kier alpha value is -2.53. The van der Waals surface area contributed by atoms with Crippen molar-refractivity contribution in [2.45, 2.75) is 36.2 Å². The third-order valence-electron chi connectivity index (χ3n) is 4.92. The van der Waals surface area contributed by atoms with Crippen molar-refractivity contribution in [3.63, 3.8) is 0 Å². The van der Waals surface area contributed by atoms with Gasteiger partial charge in [-0.3, -0.25) is 14.9 Å². The van der Waals surface area contributed by atoms with E-state index in [2.05, 4.69) is 4.74 Å². The smallest absolute Gasteiger partial charge is 0.339 e. The molecule has 2 saturated heterocycles. The number of hydrogen-bond donors (Lipinski definition) is 1. The van der Waals surface area contributed by atoms with Crippen LogP contribution in [0.3, 0.4) is 0 Å². The maximum Gasteiger partial charge on any atom is 0.339 e. The number of hydrogen-bond acceptors (Lipinski definition) is 7. The first-order valence-corrected chi connectivity index (χ1v) is 9.25. The molecule has 0 aliphatic carbocycles. The molecule has 1 aromatic rings.